The Morgan fingerprint density at radius 3 is 2.28 bits per heavy atom. The van der Waals surface area contributed by atoms with Crippen LogP contribution >= 0.6 is 23.1 Å². The van der Waals surface area contributed by atoms with Crippen LogP contribution in [-0.2, 0) is 26.8 Å². The van der Waals surface area contributed by atoms with E-state index in [1.165, 1.54) is 0 Å². The van der Waals surface area contributed by atoms with Crippen molar-refractivity contribution in [2.24, 2.45) is 0 Å². The standard InChI is InChI=1S/C33H32N2O6S4.Na/c1-2-23(21-30-34(17-7-19-44(36,37)38)32-26-11-5-3-9-24(26)13-15-28(32)42-30)22-31-35(18-8-20-45(39,40)41)33-27-12-6-4-10-25(27)14-16-29(33)43-31;/h3-6,9-16,21-22H,2,7-8,17-20H2,1H3,(H-,36,37,38,39,40,41);/q;+1. The van der Waals surface area contributed by atoms with E-state index in [0.717, 1.165) is 58.0 Å². The molecular weight excluding hydrogens is 672 g/mol. The van der Waals surface area contributed by atoms with E-state index in [1.54, 1.807) is 23.1 Å². The van der Waals surface area contributed by atoms with Crippen LogP contribution in [-0.4, -0.2) is 44.0 Å². The fraction of sp³-hybridized carbons (Fsp3) is 0.242. The summed E-state index contributed by atoms with van der Waals surface area (Å²) < 4.78 is 70.0. The van der Waals surface area contributed by atoms with Crippen molar-refractivity contribution < 1.29 is 60.1 Å². The fourth-order valence-electron chi connectivity index (χ4n) is 5.77. The minimum Gasteiger partial charge on any atom is -0.748 e. The summed E-state index contributed by atoms with van der Waals surface area (Å²) in [4.78, 5) is 3.22. The molecule has 0 saturated carbocycles. The predicted octanol–water partition coefficient (Wildman–Crippen LogP) is 3.96. The zero-order valence-corrected chi connectivity index (χ0v) is 30.8. The first kappa shape index (κ1) is 35.1. The van der Waals surface area contributed by atoms with Crippen LogP contribution in [0, 0.1) is 0 Å². The molecule has 0 atom stereocenters. The van der Waals surface area contributed by atoms with E-state index in [2.05, 4.69) is 71.0 Å². The first-order valence-corrected chi connectivity index (χ1v) is 19.4. The fourth-order valence-corrected chi connectivity index (χ4v) is 9.11. The minimum atomic E-state index is -4.34. The first-order chi connectivity index (χ1) is 21.5. The van der Waals surface area contributed by atoms with Crippen LogP contribution in [0.5, 0.6) is 0 Å². The summed E-state index contributed by atoms with van der Waals surface area (Å²) >= 11 is 3.25. The second kappa shape index (κ2) is 14.5. The van der Waals surface area contributed by atoms with Crippen LogP contribution in [0.25, 0.3) is 37.8 Å². The molecule has 234 valence electrons. The third-order valence-electron chi connectivity index (χ3n) is 7.81. The van der Waals surface area contributed by atoms with E-state index >= 15 is 0 Å². The van der Waals surface area contributed by atoms with Gasteiger partial charge in [0, 0.05) is 35.1 Å². The van der Waals surface area contributed by atoms with Crippen molar-refractivity contribution in [1.29, 1.82) is 0 Å². The van der Waals surface area contributed by atoms with Gasteiger partial charge < -0.3 is 9.45 Å². The molecule has 0 spiro atoms. The average Bonchev–Trinajstić information content (AvgIpc) is 3.53. The Kier molecular flexibility index (Phi) is 11.0. The topological polar surface area (TPSA) is 119 Å². The monoisotopic (exact) mass is 703 g/mol. The number of allylic oxidation sites excluding steroid dienone is 2. The molecule has 1 aromatic heterocycles. The second-order valence-electron chi connectivity index (χ2n) is 10.9. The van der Waals surface area contributed by atoms with Crippen molar-refractivity contribution in [3.63, 3.8) is 0 Å². The van der Waals surface area contributed by atoms with Gasteiger partial charge in [0.1, 0.15) is 4.70 Å². The Labute approximate surface area is 299 Å². The summed E-state index contributed by atoms with van der Waals surface area (Å²) in [5, 5.41) is 6.20. The predicted molar refractivity (Wildman–Crippen MR) is 183 cm³/mol. The number of hydrogen-bond donors (Lipinski definition) is 1. The molecule has 46 heavy (non-hydrogen) atoms. The number of fused-ring (bicyclic) bond motifs is 6. The Morgan fingerprint density at radius 2 is 1.59 bits per heavy atom. The Hall–Kier alpha value is -2.26. The number of thioether (sulfide) groups is 1. The first-order valence-electron chi connectivity index (χ1n) is 14.6. The van der Waals surface area contributed by atoms with Gasteiger partial charge in [-0.3, -0.25) is 4.55 Å². The van der Waals surface area contributed by atoms with Crippen LogP contribution in [0.15, 0.2) is 94.4 Å². The van der Waals surface area contributed by atoms with Crippen LogP contribution in [0.4, 0.5) is 5.69 Å². The third-order valence-corrected chi connectivity index (χ3v) is 11.6. The summed E-state index contributed by atoms with van der Waals surface area (Å²) in [5.74, 6) is -0.760. The molecule has 13 heteroatoms. The SMILES string of the molecule is CCC(=Cc1sc2ccc3ccccc3c2[n+]1CCCS(=O)(=O)[O-])C=C1Sc2ccc3ccccc3c2N1CCCS(=O)(=O)O.[Na+]. The number of rotatable bonds is 11. The zero-order chi connectivity index (χ0) is 31.8. The van der Waals surface area contributed by atoms with Crippen molar-refractivity contribution >= 4 is 86.9 Å². The zero-order valence-electron chi connectivity index (χ0n) is 25.5. The molecule has 6 rings (SSSR count). The van der Waals surface area contributed by atoms with E-state index in [1.807, 2.05) is 30.3 Å². The number of nitrogens with zero attached hydrogens (tertiary/aromatic N) is 2. The Bertz CT molecular complexity index is 2210. The molecule has 1 aliphatic heterocycles. The van der Waals surface area contributed by atoms with E-state index in [0.29, 0.717) is 19.5 Å². The van der Waals surface area contributed by atoms with E-state index in [4.69, 9.17) is 0 Å². The van der Waals surface area contributed by atoms with Gasteiger partial charge in [0.25, 0.3) is 15.1 Å². The van der Waals surface area contributed by atoms with Crippen LogP contribution in [0.2, 0.25) is 0 Å². The smallest absolute Gasteiger partial charge is 0.748 e. The van der Waals surface area contributed by atoms with E-state index in [9.17, 15) is 25.9 Å². The van der Waals surface area contributed by atoms with Crippen molar-refractivity contribution in [2.75, 3.05) is 23.0 Å². The molecule has 0 saturated heterocycles. The number of anilines is 1. The molecule has 5 aromatic rings. The molecule has 4 aromatic carbocycles. The Balaban J connectivity index is 0.00000417. The van der Waals surface area contributed by atoms with Gasteiger partial charge in [0.2, 0.25) is 5.52 Å². The van der Waals surface area contributed by atoms with Crippen molar-refractivity contribution in [3.05, 3.63) is 94.5 Å². The van der Waals surface area contributed by atoms with Gasteiger partial charge in [0.05, 0.1) is 32.0 Å². The molecule has 2 heterocycles. The quantitative estimate of drug-likeness (QED) is 0.125. The molecule has 0 radical (unpaired) electrons. The van der Waals surface area contributed by atoms with Gasteiger partial charge in [-0.05, 0) is 53.5 Å². The van der Waals surface area contributed by atoms with Crippen LogP contribution in [0.1, 0.15) is 31.2 Å². The van der Waals surface area contributed by atoms with Gasteiger partial charge in [-0.15, -0.1) is 0 Å². The van der Waals surface area contributed by atoms with Crippen molar-refractivity contribution in [2.45, 2.75) is 37.6 Å². The molecular formula is C33H32N2NaO6S4+. The van der Waals surface area contributed by atoms with Gasteiger partial charge in [-0.2, -0.15) is 13.0 Å². The molecule has 0 bridgehead atoms. The van der Waals surface area contributed by atoms with Gasteiger partial charge in [-0.1, -0.05) is 84.6 Å². The summed E-state index contributed by atoms with van der Waals surface area (Å²) in [7, 11) is -8.44. The molecule has 0 fully saturated rings. The maximum absolute atomic E-state index is 11.5. The molecule has 1 aliphatic rings. The third kappa shape index (κ3) is 7.88. The number of hydrogen-bond acceptors (Lipinski definition) is 8. The average molecular weight is 704 g/mol. The molecule has 0 aliphatic carbocycles. The summed E-state index contributed by atoms with van der Waals surface area (Å²) in [6.45, 7) is 2.86. The summed E-state index contributed by atoms with van der Waals surface area (Å²) in [6.07, 6.45) is 5.42. The Morgan fingerprint density at radius 1 is 0.913 bits per heavy atom. The van der Waals surface area contributed by atoms with Gasteiger partial charge >= 0.3 is 29.6 Å². The minimum absolute atomic E-state index is 0. The van der Waals surface area contributed by atoms with Crippen LogP contribution in [0.3, 0.4) is 0 Å². The molecule has 8 nitrogen and oxygen atoms in total. The van der Waals surface area contributed by atoms with Crippen molar-refractivity contribution in [3.8, 4) is 0 Å². The van der Waals surface area contributed by atoms with Crippen LogP contribution < -0.4 is 39.0 Å². The largest absolute Gasteiger partial charge is 1.00 e. The molecule has 1 N–H and O–H groups in total. The number of aryl methyl sites for hydroxylation is 1. The normalized spacial score (nSPS) is 14.8. The number of thiazole rings is 1. The summed E-state index contributed by atoms with van der Waals surface area (Å²) in [6, 6.07) is 24.5. The summed E-state index contributed by atoms with van der Waals surface area (Å²) in [5.41, 5.74) is 3.07. The number of benzene rings is 4. The maximum Gasteiger partial charge on any atom is 1.00 e. The van der Waals surface area contributed by atoms with E-state index in [-0.39, 0.29) is 48.2 Å². The van der Waals surface area contributed by atoms with Gasteiger partial charge in [-0.25, -0.2) is 8.42 Å². The maximum atomic E-state index is 11.5. The van der Waals surface area contributed by atoms with Gasteiger partial charge in [0.15, 0.2) is 6.54 Å². The molecule has 0 amide bonds. The molecule has 0 unspecified atom stereocenters. The van der Waals surface area contributed by atoms with Crippen molar-refractivity contribution in [1.82, 2.24) is 0 Å². The van der Waals surface area contributed by atoms with E-state index < -0.39 is 26.0 Å². The second-order valence-corrected chi connectivity index (χ2v) is 16.1. The number of aromatic nitrogens is 1.